The van der Waals surface area contributed by atoms with Crippen LogP contribution in [0.25, 0.3) is 0 Å². The molecule has 4 N–H and O–H groups in total. The molecule has 0 bridgehead atoms. The van der Waals surface area contributed by atoms with E-state index in [1.54, 1.807) is 0 Å². The number of hydrogen-bond acceptors (Lipinski definition) is 7. The zero-order valence-corrected chi connectivity index (χ0v) is 28.2. The summed E-state index contributed by atoms with van der Waals surface area (Å²) in [5.74, 6) is 1.37. The Balaban J connectivity index is 1.45. The molecule has 5 aliphatic rings. The largest absolute Gasteiger partial charge is 0.393 e. The van der Waals surface area contributed by atoms with E-state index >= 15 is 0 Å². The number of methoxy groups -OCH3 is 1. The number of hydrogen-bond donors (Lipinski definition) is 4. The summed E-state index contributed by atoms with van der Waals surface area (Å²) in [6, 6.07) is 0. The van der Waals surface area contributed by atoms with Gasteiger partial charge in [-0.1, -0.05) is 64.8 Å². The van der Waals surface area contributed by atoms with Crippen LogP contribution in [0.3, 0.4) is 0 Å². The molecule has 7 nitrogen and oxygen atoms in total. The summed E-state index contributed by atoms with van der Waals surface area (Å²) in [5.41, 5.74) is 2.36. The molecule has 0 unspecified atom stereocenters. The van der Waals surface area contributed by atoms with Crippen molar-refractivity contribution in [1.82, 2.24) is 0 Å². The lowest BCUT2D eigenvalue weighted by Gasteiger charge is -2.67. The minimum Gasteiger partial charge on any atom is -0.393 e. The Morgan fingerprint density at radius 3 is 2.35 bits per heavy atom. The molecule has 246 valence electrons. The van der Waals surface area contributed by atoms with Gasteiger partial charge in [-0.05, 0) is 92.8 Å². The van der Waals surface area contributed by atoms with Gasteiger partial charge in [-0.25, -0.2) is 0 Å². The predicted molar refractivity (Wildman–Crippen MR) is 167 cm³/mol. The third kappa shape index (κ3) is 5.21. The van der Waals surface area contributed by atoms with Crippen LogP contribution >= 0.6 is 0 Å². The fraction of sp³-hybridized carbons (Fsp3) is 0.889. The van der Waals surface area contributed by atoms with Crippen LogP contribution in [-0.2, 0) is 14.2 Å². The number of rotatable bonds is 7. The molecule has 3 saturated carbocycles. The van der Waals surface area contributed by atoms with E-state index in [0.717, 1.165) is 44.9 Å². The van der Waals surface area contributed by atoms with Crippen molar-refractivity contribution in [3.05, 3.63) is 23.3 Å². The average Bonchev–Trinajstić information content (AvgIpc) is 3.14. The van der Waals surface area contributed by atoms with E-state index in [1.165, 1.54) is 11.1 Å². The number of aliphatic hydroxyl groups is 4. The van der Waals surface area contributed by atoms with Gasteiger partial charge in [0.25, 0.3) is 0 Å². The van der Waals surface area contributed by atoms with Crippen molar-refractivity contribution in [3.63, 3.8) is 0 Å². The molecular formula is C36H60O7. The van der Waals surface area contributed by atoms with Crippen LogP contribution in [0.4, 0.5) is 0 Å². The topological polar surface area (TPSA) is 109 Å². The fourth-order valence-corrected chi connectivity index (χ4v) is 11.2. The molecule has 1 saturated heterocycles. The van der Waals surface area contributed by atoms with E-state index in [-0.39, 0.29) is 58.4 Å². The third-order valence-electron chi connectivity index (χ3n) is 13.6. The normalized spacial score (nSPS) is 49.7. The van der Waals surface area contributed by atoms with Crippen molar-refractivity contribution in [3.8, 4) is 0 Å². The maximum atomic E-state index is 11.8. The second-order valence-electron chi connectivity index (χ2n) is 16.5. The standard InChI is InChI=1S/C36H60O7/c1-20(2)11-10-12-21(3)28-24(37)18-36(8)31-26(41-9)17-23-22(34(31,6)15-16-35(28,36)7)13-14-27(33(23,4)5)43-32-30(40)29(39)25(38)19-42-32/h11,17,21-22,24-32,37-40H,10,12-16,18-19H2,1-9H3/t21-,22-,24+,25-,26+,27+,28+,29+,30-,31-,32+,34+,35-,36+/m1/s1. The highest BCUT2D eigenvalue weighted by Crippen LogP contribution is 2.75. The van der Waals surface area contributed by atoms with E-state index in [1.807, 2.05) is 7.11 Å². The van der Waals surface area contributed by atoms with Gasteiger partial charge in [0.05, 0.1) is 24.9 Å². The summed E-state index contributed by atoms with van der Waals surface area (Å²) in [6.07, 6.45) is 6.43. The highest BCUT2D eigenvalue weighted by Gasteiger charge is 2.71. The zero-order valence-electron chi connectivity index (χ0n) is 28.2. The predicted octanol–water partition coefficient (Wildman–Crippen LogP) is 5.39. The summed E-state index contributed by atoms with van der Waals surface area (Å²) >= 11 is 0. The lowest BCUT2D eigenvalue weighted by molar-refractivity contribution is -0.294. The lowest BCUT2D eigenvalue weighted by atomic mass is 9.38. The second-order valence-corrected chi connectivity index (χ2v) is 16.5. The summed E-state index contributed by atoms with van der Waals surface area (Å²) in [7, 11) is 1.84. The fourth-order valence-electron chi connectivity index (χ4n) is 11.2. The molecule has 0 aromatic heterocycles. The first-order valence-corrected chi connectivity index (χ1v) is 16.9. The first-order chi connectivity index (χ1) is 20.0. The molecule has 0 aromatic rings. The molecular weight excluding hydrogens is 544 g/mol. The monoisotopic (exact) mass is 604 g/mol. The molecule has 14 atom stereocenters. The molecule has 0 aromatic carbocycles. The Morgan fingerprint density at radius 1 is 1.00 bits per heavy atom. The Labute approximate surface area is 260 Å². The summed E-state index contributed by atoms with van der Waals surface area (Å²) in [6.45, 7) is 18.5. The van der Waals surface area contributed by atoms with Crippen molar-refractivity contribution in [2.75, 3.05) is 13.7 Å². The van der Waals surface area contributed by atoms with E-state index in [4.69, 9.17) is 14.2 Å². The van der Waals surface area contributed by atoms with Crippen LogP contribution in [0.15, 0.2) is 23.3 Å². The minimum absolute atomic E-state index is 0.0162. The Hall–Kier alpha value is -0.800. The van der Waals surface area contributed by atoms with E-state index in [0.29, 0.717) is 11.8 Å². The van der Waals surface area contributed by atoms with Gasteiger partial charge < -0.3 is 34.6 Å². The summed E-state index contributed by atoms with van der Waals surface area (Å²) in [5, 5.41) is 42.5. The van der Waals surface area contributed by atoms with Crippen LogP contribution in [-0.4, -0.2) is 77.1 Å². The van der Waals surface area contributed by atoms with Crippen molar-refractivity contribution in [1.29, 1.82) is 0 Å². The van der Waals surface area contributed by atoms with Gasteiger partial charge in [-0.2, -0.15) is 0 Å². The van der Waals surface area contributed by atoms with Crippen molar-refractivity contribution in [2.45, 2.75) is 143 Å². The van der Waals surface area contributed by atoms with Gasteiger partial charge in [0.2, 0.25) is 0 Å². The highest BCUT2D eigenvalue weighted by molar-refractivity contribution is 5.33. The maximum Gasteiger partial charge on any atom is 0.186 e. The molecule has 0 spiro atoms. The molecule has 5 rings (SSSR count). The Bertz CT molecular complexity index is 1080. The number of allylic oxidation sites excluding steroid dienone is 2. The lowest BCUT2D eigenvalue weighted by Crippen LogP contribution is -2.63. The van der Waals surface area contributed by atoms with E-state index < -0.39 is 24.6 Å². The molecule has 43 heavy (non-hydrogen) atoms. The average molecular weight is 605 g/mol. The molecule has 1 aliphatic heterocycles. The first-order valence-electron chi connectivity index (χ1n) is 16.9. The quantitative estimate of drug-likeness (QED) is 0.289. The van der Waals surface area contributed by atoms with Gasteiger partial charge in [0.1, 0.15) is 18.3 Å². The smallest absolute Gasteiger partial charge is 0.186 e. The molecule has 7 heteroatoms. The van der Waals surface area contributed by atoms with Crippen LogP contribution in [0.1, 0.15) is 100 Å². The molecule has 0 amide bonds. The first kappa shape index (κ1) is 33.6. The second kappa shape index (κ2) is 11.8. The van der Waals surface area contributed by atoms with E-state index in [2.05, 4.69) is 67.5 Å². The van der Waals surface area contributed by atoms with Crippen LogP contribution in [0, 0.1) is 45.3 Å². The molecule has 1 heterocycles. The van der Waals surface area contributed by atoms with Gasteiger partial charge >= 0.3 is 0 Å². The van der Waals surface area contributed by atoms with Crippen molar-refractivity contribution < 1.29 is 34.6 Å². The zero-order chi connectivity index (χ0) is 31.7. The van der Waals surface area contributed by atoms with Crippen LogP contribution in [0.2, 0.25) is 0 Å². The highest BCUT2D eigenvalue weighted by atomic mass is 16.7. The van der Waals surface area contributed by atoms with Gasteiger partial charge in [0, 0.05) is 18.4 Å². The molecule has 4 fully saturated rings. The number of aliphatic hydroxyl groups excluding tert-OH is 4. The van der Waals surface area contributed by atoms with Crippen molar-refractivity contribution in [2.24, 2.45) is 45.3 Å². The van der Waals surface area contributed by atoms with E-state index in [9.17, 15) is 20.4 Å². The number of ether oxygens (including phenoxy) is 3. The summed E-state index contributed by atoms with van der Waals surface area (Å²) < 4.78 is 18.5. The van der Waals surface area contributed by atoms with Crippen LogP contribution in [0.5, 0.6) is 0 Å². The summed E-state index contributed by atoms with van der Waals surface area (Å²) in [4.78, 5) is 0. The van der Waals surface area contributed by atoms with Crippen LogP contribution < -0.4 is 0 Å². The number of fused-ring (bicyclic) bond motifs is 5. The molecule has 4 aliphatic carbocycles. The maximum absolute atomic E-state index is 11.8. The Kier molecular flexibility index (Phi) is 9.19. The van der Waals surface area contributed by atoms with Gasteiger partial charge in [-0.3, -0.25) is 0 Å². The third-order valence-corrected chi connectivity index (χ3v) is 13.6. The SMILES string of the molecule is CO[C@H]1C=C2[C@@H](CC[C@H](O[C@@H]3OC[C@@H](O)[C@H](O)[C@H]3O)C2(C)C)[C@]2(C)CC[C@]3(C)[C@@H]([C@H](C)CCC=C(C)C)[C@@H](O)C[C@@]3(C)[C@H]12. The van der Waals surface area contributed by atoms with Gasteiger partial charge in [-0.15, -0.1) is 0 Å². The van der Waals surface area contributed by atoms with Gasteiger partial charge in [0.15, 0.2) is 6.29 Å². The minimum atomic E-state index is -1.30. The molecule has 0 radical (unpaired) electrons. The van der Waals surface area contributed by atoms with Crippen molar-refractivity contribution >= 4 is 0 Å². The Morgan fingerprint density at radius 2 is 1.70 bits per heavy atom.